The molecular weight excluding hydrogens is 310 g/mol. The van der Waals surface area contributed by atoms with Crippen molar-refractivity contribution in [2.45, 2.75) is 12.5 Å². The van der Waals surface area contributed by atoms with Crippen molar-refractivity contribution in [3.63, 3.8) is 0 Å². The molecule has 0 bridgehead atoms. The zero-order chi connectivity index (χ0) is 13.3. The number of halogens is 3. The summed E-state index contributed by atoms with van der Waals surface area (Å²) in [5.74, 6) is -1.57. The van der Waals surface area contributed by atoms with E-state index in [0.29, 0.717) is 13.0 Å². The number of hydrogen-bond acceptors (Lipinski definition) is 2. The number of β-amino-alcohol motifs (C(OH)–C–C–N with tert-alkyl or cyclic N) is 1. The molecule has 1 atom stereocenters. The maximum atomic E-state index is 13.2. The van der Waals surface area contributed by atoms with Crippen molar-refractivity contribution in [1.29, 1.82) is 0 Å². The fourth-order valence-electron chi connectivity index (χ4n) is 1.76. The molecule has 1 saturated heterocycles. The quantitative estimate of drug-likeness (QED) is 0.780. The first-order valence-electron chi connectivity index (χ1n) is 5.36. The smallest absolute Gasteiger partial charge is 0.321 e. The highest BCUT2D eigenvalue weighted by Gasteiger charge is 2.24. The van der Waals surface area contributed by atoms with Gasteiger partial charge in [-0.15, -0.1) is 0 Å². The van der Waals surface area contributed by atoms with Gasteiger partial charge in [0.1, 0.15) is 11.6 Å². The van der Waals surface area contributed by atoms with Crippen LogP contribution in [0, 0.1) is 11.6 Å². The second kappa shape index (κ2) is 5.19. The minimum absolute atomic E-state index is 0.0413. The van der Waals surface area contributed by atoms with Crippen molar-refractivity contribution >= 4 is 27.6 Å². The van der Waals surface area contributed by atoms with E-state index in [1.54, 1.807) is 0 Å². The van der Waals surface area contributed by atoms with Crippen LogP contribution in [0.3, 0.4) is 0 Å². The van der Waals surface area contributed by atoms with Crippen LogP contribution in [0.1, 0.15) is 6.42 Å². The van der Waals surface area contributed by atoms with Gasteiger partial charge in [0.25, 0.3) is 0 Å². The van der Waals surface area contributed by atoms with Gasteiger partial charge in [-0.2, -0.15) is 0 Å². The van der Waals surface area contributed by atoms with Crippen molar-refractivity contribution < 1.29 is 18.7 Å². The van der Waals surface area contributed by atoms with Crippen LogP contribution in [-0.2, 0) is 0 Å². The molecule has 1 aromatic carbocycles. The lowest BCUT2D eigenvalue weighted by Gasteiger charge is -2.16. The van der Waals surface area contributed by atoms with Crippen molar-refractivity contribution in [3.8, 4) is 0 Å². The minimum Gasteiger partial charge on any atom is -0.391 e. The Bertz CT molecular complexity index is 461. The third-order valence-corrected chi connectivity index (χ3v) is 3.44. The predicted molar refractivity (Wildman–Crippen MR) is 65.3 cm³/mol. The fraction of sp³-hybridized carbons (Fsp3) is 0.364. The first-order chi connectivity index (χ1) is 8.47. The van der Waals surface area contributed by atoms with Gasteiger partial charge in [0.05, 0.1) is 10.6 Å². The molecule has 18 heavy (non-hydrogen) atoms. The molecule has 1 aliphatic rings. The molecular formula is C11H11BrF2N2O2. The maximum absolute atomic E-state index is 13.2. The number of benzene rings is 1. The summed E-state index contributed by atoms with van der Waals surface area (Å²) in [5, 5.41) is 11.7. The number of aliphatic hydroxyl groups is 1. The summed E-state index contributed by atoms with van der Waals surface area (Å²) in [6.07, 6.45) is -0.0228. The van der Waals surface area contributed by atoms with Crippen LogP contribution < -0.4 is 5.32 Å². The minimum atomic E-state index is -0.785. The molecule has 7 heteroatoms. The zero-order valence-corrected chi connectivity index (χ0v) is 10.9. The second-order valence-electron chi connectivity index (χ2n) is 4.07. The summed E-state index contributed by atoms with van der Waals surface area (Å²) in [4.78, 5) is 13.1. The third kappa shape index (κ3) is 2.78. The SMILES string of the molecule is O=C(Nc1cc(F)c(Br)c(F)c1)N1CCC(O)C1. The van der Waals surface area contributed by atoms with Gasteiger partial charge in [-0.25, -0.2) is 13.6 Å². The predicted octanol–water partition coefficient (Wildman–Crippen LogP) is 2.33. The Hall–Kier alpha value is -1.21. The molecule has 0 saturated carbocycles. The monoisotopic (exact) mass is 320 g/mol. The number of anilines is 1. The van der Waals surface area contributed by atoms with E-state index in [1.165, 1.54) is 4.90 Å². The van der Waals surface area contributed by atoms with Crippen molar-refractivity contribution in [1.82, 2.24) is 4.90 Å². The number of amides is 2. The van der Waals surface area contributed by atoms with Crippen LogP contribution in [-0.4, -0.2) is 35.2 Å². The lowest BCUT2D eigenvalue weighted by Crippen LogP contribution is -2.33. The van der Waals surface area contributed by atoms with Crippen LogP contribution >= 0.6 is 15.9 Å². The molecule has 1 heterocycles. The number of nitrogens with zero attached hydrogens (tertiary/aromatic N) is 1. The zero-order valence-electron chi connectivity index (χ0n) is 9.29. The van der Waals surface area contributed by atoms with E-state index in [0.717, 1.165) is 12.1 Å². The number of rotatable bonds is 1. The number of likely N-dealkylation sites (tertiary alicyclic amines) is 1. The van der Waals surface area contributed by atoms with Gasteiger partial charge in [-0.3, -0.25) is 0 Å². The molecule has 2 amide bonds. The first-order valence-corrected chi connectivity index (χ1v) is 6.15. The van der Waals surface area contributed by atoms with Crippen molar-refractivity contribution in [3.05, 3.63) is 28.2 Å². The summed E-state index contributed by atoms with van der Waals surface area (Å²) in [6, 6.07) is 1.57. The highest BCUT2D eigenvalue weighted by Crippen LogP contribution is 2.24. The highest BCUT2D eigenvalue weighted by molar-refractivity contribution is 9.10. The lowest BCUT2D eigenvalue weighted by atomic mass is 10.3. The summed E-state index contributed by atoms with van der Waals surface area (Å²) in [6.45, 7) is 0.655. The average molecular weight is 321 g/mol. The molecule has 1 unspecified atom stereocenters. The van der Waals surface area contributed by atoms with Crippen molar-refractivity contribution in [2.24, 2.45) is 0 Å². The van der Waals surface area contributed by atoms with Crippen LogP contribution in [0.5, 0.6) is 0 Å². The molecule has 1 fully saturated rings. The number of urea groups is 1. The molecule has 2 N–H and O–H groups in total. The molecule has 0 aliphatic carbocycles. The summed E-state index contributed by atoms with van der Waals surface area (Å²) in [7, 11) is 0. The van der Waals surface area contributed by atoms with E-state index < -0.39 is 23.8 Å². The Morgan fingerprint density at radius 2 is 2.06 bits per heavy atom. The lowest BCUT2D eigenvalue weighted by molar-refractivity contribution is 0.176. The van der Waals surface area contributed by atoms with Gasteiger partial charge in [0, 0.05) is 18.8 Å². The van der Waals surface area contributed by atoms with E-state index in [2.05, 4.69) is 21.2 Å². The van der Waals surface area contributed by atoms with Gasteiger partial charge in [0.2, 0.25) is 0 Å². The molecule has 0 spiro atoms. The van der Waals surface area contributed by atoms with Gasteiger partial charge in [-0.1, -0.05) is 0 Å². The number of hydrogen-bond donors (Lipinski definition) is 2. The molecule has 0 radical (unpaired) electrons. The van der Waals surface area contributed by atoms with Gasteiger partial charge in [0.15, 0.2) is 0 Å². The van der Waals surface area contributed by atoms with Crippen molar-refractivity contribution in [2.75, 3.05) is 18.4 Å². The van der Waals surface area contributed by atoms with Crippen LogP contribution in [0.15, 0.2) is 16.6 Å². The Kier molecular flexibility index (Phi) is 3.82. The van der Waals surface area contributed by atoms with Crippen LogP contribution in [0.25, 0.3) is 0 Å². The standard InChI is InChI=1S/C11H11BrF2N2O2/c12-10-8(13)3-6(4-9(10)14)15-11(18)16-2-1-7(17)5-16/h3-4,7,17H,1-2,5H2,(H,15,18). The molecule has 0 aromatic heterocycles. The third-order valence-electron chi connectivity index (χ3n) is 2.69. The largest absolute Gasteiger partial charge is 0.391 e. The van der Waals surface area contributed by atoms with Gasteiger partial charge < -0.3 is 15.3 Å². The Balaban J connectivity index is 2.07. The van der Waals surface area contributed by atoms with E-state index in [1.807, 2.05) is 0 Å². The highest BCUT2D eigenvalue weighted by atomic mass is 79.9. The van der Waals surface area contributed by atoms with Gasteiger partial charge in [-0.05, 0) is 34.5 Å². The summed E-state index contributed by atoms with van der Waals surface area (Å²) >= 11 is 2.75. The Morgan fingerprint density at radius 1 is 1.44 bits per heavy atom. The second-order valence-corrected chi connectivity index (χ2v) is 4.87. The average Bonchev–Trinajstić information content (AvgIpc) is 2.72. The van der Waals surface area contributed by atoms with E-state index in [4.69, 9.17) is 0 Å². The number of carbonyl (C=O) groups excluding carboxylic acids is 1. The van der Waals surface area contributed by atoms with E-state index in [-0.39, 0.29) is 16.7 Å². The number of carbonyl (C=O) groups is 1. The summed E-state index contributed by atoms with van der Waals surface area (Å²) in [5.41, 5.74) is 0.0413. The van der Waals surface area contributed by atoms with E-state index >= 15 is 0 Å². The van der Waals surface area contributed by atoms with Gasteiger partial charge >= 0.3 is 6.03 Å². The first kappa shape index (κ1) is 13.2. The van der Waals surface area contributed by atoms with Crippen LogP contribution in [0.2, 0.25) is 0 Å². The van der Waals surface area contributed by atoms with E-state index in [9.17, 15) is 18.7 Å². The molecule has 4 nitrogen and oxygen atoms in total. The Morgan fingerprint density at radius 3 is 2.56 bits per heavy atom. The normalized spacial score (nSPS) is 19.1. The fourth-order valence-corrected chi connectivity index (χ4v) is 1.99. The molecule has 1 aliphatic heterocycles. The molecule has 2 rings (SSSR count). The van der Waals surface area contributed by atoms with Crippen LogP contribution in [0.4, 0.5) is 19.3 Å². The molecule has 1 aromatic rings. The topological polar surface area (TPSA) is 52.6 Å². The number of nitrogens with one attached hydrogen (secondary N) is 1. The number of aliphatic hydroxyl groups excluding tert-OH is 1. The maximum Gasteiger partial charge on any atom is 0.321 e. The Labute approximate surface area is 111 Å². The summed E-state index contributed by atoms with van der Waals surface area (Å²) < 4.78 is 26.2. The molecule has 98 valence electrons.